The van der Waals surface area contributed by atoms with Crippen molar-refractivity contribution in [1.82, 2.24) is 15.3 Å². The molecule has 1 fully saturated rings. The van der Waals surface area contributed by atoms with Crippen LogP contribution in [0.25, 0.3) is 0 Å². The number of aromatic nitrogens is 2. The van der Waals surface area contributed by atoms with E-state index in [9.17, 15) is 0 Å². The van der Waals surface area contributed by atoms with Crippen molar-refractivity contribution in [3.63, 3.8) is 0 Å². The fourth-order valence-electron chi connectivity index (χ4n) is 2.39. The van der Waals surface area contributed by atoms with Gasteiger partial charge in [-0.2, -0.15) is 11.8 Å². The van der Waals surface area contributed by atoms with Crippen LogP contribution in [0, 0.1) is 5.41 Å². The normalized spacial score (nSPS) is 23.8. The first-order valence-corrected chi connectivity index (χ1v) is 7.61. The third-order valence-corrected chi connectivity index (χ3v) is 4.81. The average molecular weight is 253 g/mol. The molecule has 1 aromatic rings. The molecule has 2 N–H and O–H groups in total. The van der Waals surface area contributed by atoms with E-state index >= 15 is 0 Å². The highest BCUT2D eigenvalue weighted by molar-refractivity contribution is 7.99. The van der Waals surface area contributed by atoms with Gasteiger partial charge >= 0.3 is 0 Å². The van der Waals surface area contributed by atoms with Crippen molar-refractivity contribution in [1.29, 1.82) is 0 Å². The van der Waals surface area contributed by atoms with E-state index in [1.165, 1.54) is 17.9 Å². The average Bonchev–Trinajstić information content (AvgIpc) is 2.76. The molecule has 2 rings (SSSR count). The van der Waals surface area contributed by atoms with Gasteiger partial charge in [-0.15, -0.1) is 0 Å². The largest absolute Gasteiger partial charge is 0.349 e. The Hall–Kier alpha value is -0.480. The Morgan fingerprint density at radius 2 is 2.47 bits per heavy atom. The maximum Gasteiger partial charge on any atom is 0.106 e. The predicted octanol–water partition coefficient (Wildman–Crippen LogP) is 2.46. The van der Waals surface area contributed by atoms with Gasteiger partial charge in [-0.3, -0.25) is 0 Å². The summed E-state index contributed by atoms with van der Waals surface area (Å²) >= 11 is 2.08. The number of nitrogens with zero attached hydrogens (tertiary/aromatic N) is 1. The molecular formula is C13H23N3S. The van der Waals surface area contributed by atoms with Crippen LogP contribution in [0.5, 0.6) is 0 Å². The van der Waals surface area contributed by atoms with E-state index in [1.807, 2.05) is 12.4 Å². The van der Waals surface area contributed by atoms with Crippen molar-refractivity contribution in [2.45, 2.75) is 39.2 Å². The quantitative estimate of drug-likeness (QED) is 0.792. The van der Waals surface area contributed by atoms with Crippen LogP contribution in [-0.2, 0) is 6.42 Å². The fourth-order valence-corrected chi connectivity index (χ4v) is 3.70. The monoisotopic (exact) mass is 253 g/mol. The lowest BCUT2D eigenvalue weighted by Gasteiger charge is -2.35. The zero-order valence-electron chi connectivity index (χ0n) is 10.8. The van der Waals surface area contributed by atoms with Crippen LogP contribution in [-0.4, -0.2) is 34.1 Å². The van der Waals surface area contributed by atoms with Crippen molar-refractivity contribution in [2.24, 2.45) is 5.41 Å². The molecule has 1 saturated heterocycles. The van der Waals surface area contributed by atoms with Gasteiger partial charge in [0.1, 0.15) is 5.82 Å². The molecule has 0 spiro atoms. The lowest BCUT2D eigenvalue weighted by atomic mass is 9.88. The van der Waals surface area contributed by atoms with Crippen molar-refractivity contribution < 1.29 is 0 Å². The van der Waals surface area contributed by atoms with Gasteiger partial charge in [0.05, 0.1) is 0 Å². The first kappa shape index (κ1) is 13.0. The van der Waals surface area contributed by atoms with Crippen LogP contribution in [0.4, 0.5) is 0 Å². The van der Waals surface area contributed by atoms with Gasteiger partial charge in [-0.25, -0.2) is 4.98 Å². The molecule has 0 radical (unpaired) electrons. The fraction of sp³-hybridized carbons (Fsp3) is 0.769. The van der Waals surface area contributed by atoms with Crippen LogP contribution >= 0.6 is 11.8 Å². The molecule has 3 nitrogen and oxygen atoms in total. The summed E-state index contributed by atoms with van der Waals surface area (Å²) in [4.78, 5) is 7.38. The molecule has 17 heavy (non-hydrogen) atoms. The zero-order chi connectivity index (χ0) is 12.1. The van der Waals surface area contributed by atoms with Crippen LogP contribution in [0.15, 0.2) is 12.4 Å². The predicted molar refractivity (Wildman–Crippen MR) is 74.4 cm³/mol. The third-order valence-electron chi connectivity index (χ3n) is 3.19. The number of hydrogen-bond acceptors (Lipinski definition) is 3. The molecule has 0 amide bonds. The Morgan fingerprint density at radius 1 is 1.59 bits per heavy atom. The highest BCUT2D eigenvalue weighted by Gasteiger charge is 2.27. The molecule has 1 aromatic heterocycles. The SMILES string of the molecule is CC1(C)CSCC(NCCCc2ncc[nH]2)C1. The summed E-state index contributed by atoms with van der Waals surface area (Å²) in [5.74, 6) is 3.67. The molecule has 0 bridgehead atoms. The molecule has 0 aromatic carbocycles. The van der Waals surface area contributed by atoms with Gasteiger partial charge in [-0.1, -0.05) is 13.8 Å². The number of aromatic amines is 1. The first-order chi connectivity index (χ1) is 8.16. The molecule has 4 heteroatoms. The topological polar surface area (TPSA) is 40.7 Å². The molecule has 0 aliphatic carbocycles. The van der Waals surface area contributed by atoms with Gasteiger partial charge in [0.15, 0.2) is 0 Å². The van der Waals surface area contributed by atoms with E-state index in [-0.39, 0.29) is 0 Å². The molecular weight excluding hydrogens is 230 g/mol. The molecule has 96 valence electrons. The minimum atomic E-state index is 0.502. The van der Waals surface area contributed by atoms with E-state index in [0.29, 0.717) is 11.5 Å². The lowest BCUT2D eigenvalue weighted by Crippen LogP contribution is -2.40. The van der Waals surface area contributed by atoms with E-state index in [4.69, 9.17) is 0 Å². The van der Waals surface area contributed by atoms with Crippen molar-refractivity contribution in [3.05, 3.63) is 18.2 Å². The second-order valence-corrected chi connectivity index (χ2v) is 6.70. The van der Waals surface area contributed by atoms with Gasteiger partial charge in [-0.05, 0) is 30.6 Å². The summed E-state index contributed by atoms with van der Waals surface area (Å²) in [6.45, 7) is 5.84. The maximum absolute atomic E-state index is 4.24. The van der Waals surface area contributed by atoms with Crippen LogP contribution in [0.1, 0.15) is 32.5 Å². The second kappa shape index (κ2) is 5.91. The molecule has 1 aliphatic rings. The number of nitrogens with one attached hydrogen (secondary N) is 2. The summed E-state index contributed by atoms with van der Waals surface area (Å²) in [5.41, 5.74) is 0.502. The Morgan fingerprint density at radius 3 is 3.18 bits per heavy atom. The Bertz CT molecular complexity index is 321. The Labute approximate surface area is 108 Å². The highest BCUT2D eigenvalue weighted by Crippen LogP contribution is 2.33. The summed E-state index contributed by atoms with van der Waals surface area (Å²) in [7, 11) is 0. The summed E-state index contributed by atoms with van der Waals surface area (Å²) in [5, 5.41) is 3.68. The highest BCUT2D eigenvalue weighted by atomic mass is 32.2. The Balaban J connectivity index is 1.62. The van der Waals surface area contributed by atoms with E-state index < -0.39 is 0 Å². The van der Waals surface area contributed by atoms with Crippen molar-refractivity contribution in [2.75, 3.05) is 18.1 Å². The number of H-pyrrole nitrogens is 1. The minimum absolute atomic E-state index is 0.502. The van der Waals surface area contributed by atoms with Gasteiger partial charge in [0.25, 0.3) is 0 Å². The van der Waals surface area contributed by atoms with Crippen LogP contribution in [0.3, 0.4) is 0 Å². The van der Waals surface area contributed by atoms with E-state index in [1.54, 1.807) is 0 Å². The van der Waals surface area contributed by atoms with Crippen molar-refractivity contribution in [3.8, 4) is 0 Å². The summed E-state index contributed by atoms with van der Waals surface area (Å²) in [6.07, 6.45) is 7.23. The zero-order valence-corrected chi connectivity index (χ0v) is 11.6. The van der Waals surface area contributed by atoms with E-state index in [0.717, 1.165) is 25.2 Å². The molecule has 0 saturated carbocycles. The molecule has 1 aliphatic heterocycles. The molecule has 1 unspecified atom stereocenters. The van der Waals surface area contributed by atoms with Crippen LogP contribution < -0.4 is 5.32 Å². The third kappa shape index (κ3) is 4.36. The molecule has 1 atom stereocenters. The lowest BCUT2D eigenvalue weighted by molar-refractivity contribution is 0.318. The summed E-state index contributed by atoms with van der Waals surface area (Å²) < 4.78 is 0. The number of thioether (sulfide) groups is 1. The molecule has 2 heterocycles. The smallest absolute Gasteiger partial charge is 0.106 e. The number of aryl methyl sites for hydroxylation is 1. The standard InChI is InChI=1S/C13H23N3S/c1-13(2)8-11(9-17-10-13)14-5-3-4-12-15-6-7-16-12/h6-7,11,14H,3-5,8-10H2,1-2H3,(H,15,16). The Kier molecular flexibility index (Phi) is 4.51. The second-order valence-electron chi connectivity index (χ2n) is 5.67. The van der Waals surface area contributed by atoms with Crippen LogP contribution in [0.2, 0.25) is 0 Å². The maximum atomic E-state index is 4.24. The first-order valence-electron chi connectivity index (χ1n) is 6.45. The number of rotatable bonds is 5. The van der Waals surface area contributed by atoms with Gasteiger partial charge in [0.2, 0.25) is 0 Å². The van der Waals surface area contributed by atoms with Gasteiger partial charge in [0, 0.05) is 30.6 Å². The minimum Gasteiger partial charge on any atom is -0.349 e. The van der Waals surface area contributed by atoms with Gasteiger partial charge < -0.3 is 10.3 Å². The van der Waals surface area contributed by atoms with Crippen molar-refractivity contribution >= 4 is 11.8 Å². The van der Waals surface area contributed by atoms with E-state index in [2.05, 4.69) is 40.9 Å². The number of hydrogen-bond donors (Lipinski definition) is 2. The number of imidazole rings is 1. The summed E-state index contributed by atoms with van der Waals surface area (Å²) in [6, 6.07) is 0.695.